The third-order valence-corrected chi connectivity index (χ3v) is 6.81. The van der Waals surface area contributed by atoms with Gasteiger partial charge in [0.1, 0.15) is 17.7 Å². The number of benzene rings is 3. The van der Waals surface area contributed by atoms with E-state index in [1.165, 1.54) is 0 Å². The summed E-state index contributed by atoms with van der Waals surface area (Å²) in [5.74, 6) is 0.196. The summed E-state index contributed by atoms with van der Waals surface area (Å²) in [6.07, 6.45) is 3.38. The quantitative estimate of drug-likeness (QED) is 0.254. The van der Waals surface area contributed by atoms with Crippen molar-refractivity contribution >= 4 is 34.9 Å². The first-order valence-corrected chi connectivity index (χ1v) is 13.3. The molecular weight excluding hydrogens is 512 g/mol. The number of nitrogens with zero attached hydrogens (tertiary/aromatic N) is 1. The van der Waals surface area contributed by atoms with Gasteiger partial charge >= 0.3 is 0 Å². The van der Waals surface area contributed by atoms with Gasteiger partial charge in [-0.05, 0) is 92.0 Å². The molecule has 0 bridgehead atoms. The van der Waals surface area contributed by atoms with Gasteiger partial charge in [0.2, 0.25) is 0 Å². The number of aryl methyl sites for hydroxylation is 1. The van der Waals surface area contributed by atoms with Crippen LogP contribution in [0.5, 0.6) is 5.75 Å². The summed E-state index contributed by atoms with van der Waals surface area (Å²) in [7, 11) is 0. The molecule has 0 atom stereocenters. The maximum atomic E-state index is 13.6. The zero-order valence-electron chi connectivity index (χ0n) is 21.5. The highest BCUT2D eigenvalue weighted by molar-refractivity contribution is 6.30. The van der Waals surface area contributed by atoms with Crippen molar-refractivity contribution in [1.29, 1.82) is 0 Å². The van der Waals surface area contributed by atoms with Crippen LogP contribution in [0.25, 0.3) is 11.1 Å². The van der Waals surface area contributed by atoms with Crippen LogP contribution in [0.2, 0.25) is 5.02 Å². The van der Waals surface area contributed by atoms with Crippen LogP contribution in [-0.4, -0.2) is 36.0 Å². The van der Waals surface area contributed by atoms with Gasteiger partial charge in [0.05, 0.1) is 16.8 Å². The third kappa shape index (κ3) is 6.63. The maximum Gasteiger partial charge on any atom is 0.259 e. The fraction of sp³-hybridized carbons (Fsp3) is 0.194. The van der Waals surface area contributed by atoms with Gasteiger partial charge in [-0.15, -0.1) is 0 Å². The third-order valence-electron chi connectivity index (χ3n) is 6.56. The highest BCUT2D eigenvalue weighted by Crippen LogP contribution is 2.31. The number of anilines is 2. The number of ether oxygens (including phenoxy) is 1. The fourth-order valence-corrected chi connectivity index (χ4v) is 4.55. The normalized spacial score (nSPS) is 13.5. The number of rotatable bonds is 7. The topological polar surface area (TPSA) is 92.4 Å². The number of hydrogen-bond donors (Lipinski definition) is 3. The maximum absolute atomic E-state index is 13.6. The number of para-hydroxylation sites is 1. The van der Waals surface area contributed by atoms with Crippen LogP contribution in [0.1, 0.15) is 39.1 Å². The number of halogens is 1. The van der Waals surface area contributed by atoms with Crippen molar-refractivity contribution in [2.75, 3.05) is 23.7 Å². The van der Waals surface area contributed by atoms with Crippen LogP contribution < -0.4 is 20.7 Å². The lowest BCUT2D eigenvalue weighted by atomic mass is 10.0. The van der Waals surface area contributed by atoms with Crippen LogP contribution in [-0.2, 0) is 0 Å². The van der Waals surface area contributed by atoms with E-state index >= 15 is 0 Å². The largest absolute Gasteiger partial charge is 0.489 e. The SMILES string of the molecule is Cc1ccc(NC(=O)c2ccccc2NC(=O)c2ccc(-c3ccc(Cl)cc3)cc2OC2CCNCC2)nc1. The zero-order valence-corrected chi connectivity index (χ0v) is 22.3. The van der Waals surface area contributed by atoms with Gasteiger partial charge in [-0.2, -0.15) is 0 Å². The van der Waals surface area contributed by atoms with Crippen molar-refractivity contribution in [2.24, 2.45) is 0 Å². The Morgan fingerprint density at radius 3 is 2.33 bits per heavy atom. The first-order valence-electron chi connectivity index (χ1n) is 12.9. The second-order valence-corrected chi connectivity index (χ2v) is 9.90. The molecule has 1 saturated heterocycles. The molecule has 0 unspecified atom stereocenters. The molecule has 7 nitrogen and oxygen atoms in total. The lowest BCUT2D eigenvalue weighted by Gasteiger charge is -2.25. The Labute approximate surface area is 232 Å². The van der Waals surface area contributed by atoms with E-state index in [4.69, 9.17) is 16.3 Å². The molecule has 2 heterocycles. The van der Waals surface area contributed by atoms with Crippen molar-refractivity contribution < 1.29 is 14.3 Å². The van der Waals surface area contributed by atoms with E-state index in [2.05, 4.69) is 20.9 Å². The Kier molecular flexibility index (Phi) is 8.20. The highest BCUT2D eigenvalue weighted by Gasteiger charge is 2.21. The second kappa shape index (κ2) is 12.1. The Morgan fingerprint density at radius 2 is 1.59 bits per heavy atom. The van der Waals surface area contributed by atoms with Crippen LogP contribution in [0, 0.1) is 6.92 Å². The lowest BCUT2D eigenvalue weighted by molar-refractivity contribution is 0.101. The predicted molar refractivity (Wildman–Crippen MR) is 155 cm³/mol. The molecule has 0 spiro atoms. The molecule has 4 aromatic rings. The van der Waals surface area contributed by atoms with Gasteiger partial charge in [-0.1, -0.05) is 48.0 Å². The summed E-state index contributed by atoms with van der Waals surface area (Å²) in [5.41, 5.74) is 3.98. The molecule has 39 heavy (non-hydrogen) atoms. The molecule has 1 aliphatic heterocycles. The summed E-state index contributed by atoms with van der Waals surface area (Å²) in [6, 6.07) is 23.6. The molecular formula is C31H29ClN4O3. The van der Waals surface area contributed by atoms with Crippen LogP contribution in [0.3, 0.4) is 0 Å². The van der Waals surface area contributed by atoms with Crippen LogP contribution in [0.15, 0.2) is 85.1 Å². The Bertz CT molecular complexity index is 1470. The van der Waals surface area contributed by atoms with Crippen molar-refractivity contribution in [3.63, 3.8) is 0 Å². The second-order valence-electron chi connectivity index (χ2n) is 9.46. The summed E-state index contributed by atoms with van der Waals surface area (Å²) < 4.78 is 6.38. The van der Waals surface area contributed by atoms with Crippen molar-refractivity contribution in [2.45, 2.75) is 25.9 Å². The van der Waals surface area contributed by atoms with E-state index in [0.717, 1.165) is 42.6 Å². The van der Waals surface area contributed by atoms with E-state index in [1.807, 2.05) is 49.4 Å². The Morgan fingerprint density at radius 1 is 0.872 bits per heavy atom. The van der Waals surface area contributed by atoms with E-state index in [1.54, 1.807) is 42.6 Å². The number of pyridine rings is 1. The van der Waals surface area contributed by atoms with Crippen LogP contribution >= 0.6 is 11.6 Å². The molecule has 0 saturated carbocycles. The monoisotopic (exact) mass is 540 g/mol. The number of carbonyl (C=O) groups is 2. The summed E-state index contributed by atoms with van der Waals surface area (Å²) in [5, 5.41) is 9.70. The van der Waals surface area contributed by atoms with E-state index in [0.29, 0.717) is 33.4 Å². The number of nitrogens with one attached hydrogen (secondary N) is 3. The molecule has 3 aromatic carbocycles. The minimum absolute atomic E-state index is 0.00154. The van der Waals surface area contributed by atoms with Gasteiger partial charge in [-0.25, -0.2) is 4.98 Å². The number of hydrogen-bond acceptors (Lipinski definition) is 5. The van der Waals surface area contributed by atoms with Gasteiger partial charge in [0, 0.05) is 11.2 Å². The first kappa shape index (κ1) is 26.4. The molecule has 8 heteroatoms. The van der Waals surface area contributed by atoms with Crippen molar-refractivity contribution in [3.8, 4) is 16.9 Å². The standard InChI is InChI=1S/C31H29ClN4O3/c1-20-6-13-29(34-19-20)36-30(37)25-4-2-3-5-27(25)35-31(38)26-12-9-22(21-7-10-23(32)11-8-21)18-28(26)39-24-14-16-33-17-15-24/h2-13,18-19,24,33H,14-17H2,1H3,(H,35,38)(H,34,36,37). The molecule has 1 aromatic heterocycles. The van der Waals surface area contributed by atoms with Crippen molar-refractivity contribution in [3.05, 3.63) is 107 Å². The predicted octanol–water partition coefficient (Wildman–Crippen LogP) is 6.35. The number of aromatic nitrogens is 1. The molecule has 198 valence electrons. The Hall–Kier alpha value is -4.20. The number of piperidine rings is 1. The molecule has 0 radical (unpaired) electrons. The Balaban J connectivity index is 1.41. The van der Waals surface area contributed by atoms with E-state index < -0.39 is 0 Å². The molecule has 3 N–H and O–H groups in total. The average Bonchev–Trinajstić information content (AvgIpc) is 2.95. The average molecular weight is 541 g/mol. The van der Waals surface area contributed by atoms with E-state index in [-0.39, 0.29) is 17.9 Å². The summed E-state index contributed by atoms with van der Waals surface area (Å²) >= 11 is 6.07. The minimum atomic E-state index is -0.369. The van der Waals surface area contributed by atoms with Crippen molar-refractivity contribution in [1.82, 2.24) is 10.3 Å². The highest BCUT2D eigenvalue weighted by atomic mass is 35.5. The molecule has 1 aliphatic rings. The number of carbonyl (C=O) groups excluding carboxylic acids is 2. The van der Waals surface area contributed by atoms with Crippen LogP contribution in [0.4, 0.5) is 11.5 Å². The summed E-state index contributed by atoms with van der Waals surface area (Å²) in [4.78, 5) is 30.9. The van der Waals surface area contributed by atoms with Gasteiger partial charge in [0.25, 0.3) is 11.8 Å². The van der Waals surface area contributed by atoms with Gasteiger partial charge in [-0.3, -0.25) is 9.59 Å². The fourth-order valence-electron chi connectivity index (χ4n) is 4.43. The van der Waals surface area contributed by atoms with Gasteiger partial charge in [0.15, 0.2) is 0 Å². The zero-order chi connectivity index (χ0) is 27.2. The first-order chi connectivity index (χ1) is 19.0. The van der Waals surface area contributed by atoms with Gasteiger partial charge < -0.3 is 20.7 Å². The molecule has 1 fully saturated rings. The molecule has 2 amide bonds. The minimum Gasteiger partial charge on any atom is -0.489 e. The lowest BCUT2D eigenvalue weighted by Crippen LogP contribution is -2.34. The number of amides is 2. The molecule has 5 rings (SSSR count). The smallest absolute Gasteiger partial charge is 0.259 e. The molecule has 0 aliphatic carbocycles. The summed E-state index contributed by atoms with van der Waals surface area (Å²) in [6.45, 7) is 3.65. The van der Waals surface area contributed by atoms with E-state index in [9.17, 15) is 9.59 Å².